The number of benzene rings is 4. The van der Waals surface area contributed by atoms with Gasteiger partial charge in [-0.15, -0.1) is 13.2 Å². The third-order valence-corrected chi connectivity index (χ3v) is 9.23. The molecule has 0 aliphatic carbocycles. The van der Waals surface area contributed by atoms with Crippen LogP contribution >= 0.6 is 0 Å². The highest BCUT2D eigenvalue weighted by Gasteiger charge is 2.34. The maximum atomic E-state index is 13.7. The van der Waals surface area contributed by atoms with E-state index >= 15 is 0 Å². The van der Waals surface area contributed by atoms with Crippen LogP contribution in [0.3, 0.4) is 0 Å². The fraction of sp³-hybridized carbons (Fsp3) is 0.0968. The SMILES string of the molecule is COC(=O)Nc1nc2ccc(OS(=O)(=O)c3c(F)cccc3F)cc2[nH]1.COC(=O)Nc1nc2ccc(OS(=O)(=O)c3ccccc3OC(F)(F)F)cc2[nH]1. The number of ether oxygens (including phenoxy) is 3. The third-order valence-electron chi connectivity index (χ3n) is 6.64. The van der Waals surface area contributed by atoms with Crippen LogP contribution in [0, 0.1) is 11.6 Å². The van der Waals surface area contributed by atoms with Crippen molar-refractivity contribution in [1.29, 1.82) is 0 Å². The van der Waals surface area contributed by atoms with Crippen molar-refractivity contribution in [2.75, 3.05) is 24.9 Å². The molecule has 55 heavy (non-hydrogen) atoms. The van der Waals surface area contributed by atoms with Crippen LogP contribution in [-0.4, -0.2) is 69.5 Å². The quantitative estimate of drug-likeness (QED) is 0.0943. The summed E-state index contributed by atoms with van der Waals surface area (Å²) in [7, 11) is -7.04. The number of nitrogens with zero attached hydrogens (tertiary/aromatic N) is 2. The highest BCUT2D eigenvalue weighted by molar-refractivity contribution is 7.87. The zero-order chi connectivity index (χ0) is 40.1. The van der Waals surface area contributed by atoms with Crippen molar-refractivity contribution in [1.82, 2.24) is 19.9 Å². The molecule has 0 saturated carbocycles. The summed E-state index contributed by atoms with van der Waals surface area (Å²) >= 11 is 0. The molecule has 4 aromatic carbocycles. The van der Waals surface area contributed by atoms with Crippen LogP contribution in [0.5, 0.6) is 17.2 Å². The number of aromatic nitrogens is 4. The van der Waals surface area contributed by atoms with Crippen molar-refractivity contribution in [2.24, 2.45) is 0 Å². The van der Waals surface area contributed by atoms with Crippen LogP contribution in [0.15, 0.2) is 88.7 Å². The number of aromatic amines is 2. The summed E-state index contributed by atoms with van der Waals surface area (Å²) in [4.78, 5) is 33.9. The molecule has 0 unspecified atom stereocenters. The number of alkyl halides is 3. The number of amides is 2. The lowest BCUT2D eigenvalue weighted by atomic mass is 10.3. The molecule has 0 atom stereocenters. The number of anilines is 2. The normalized spacial score (nSPS) is 11.6. The van der Waals surface area contributed by atoms with Crippen LogP contribution in [0.2, 0.25) is 0 Å². The molecule has 2 heterocycles. The number of rotatable bonds is 9. The lowest BCUT2D eigenvalue weighted by molar-refractivity contribution is -0.275. The first kappa shape index (κ1) is 39.5. The van der Waals surface area contributed by atoms with Gasteiger partial charge >= 0.3 is 38.8 Å². The van der Waals surface area contributed by atoms with E-state index in [0.29, 0.717) is 22.1 Å². The fourth-order valence-electron chi connectivity index (χ4n) is 4.42. The van der Waals surface area contributed by atoms with E-state index in [4.69, 9.17) is 8.37 Å². The van der Waals surface area contributed by atoms with Crippen molar-refractivity contribution < 1.29 is 71.0 Å². The topological polar surface area (TPSA) is 230 Å². The predicted octanol–water partition coefficient (Wildman–Crippen LogP) is 6.19. The highest BCUT2D eigenvalue weighted by atomic mass is 32.2. The lowest BCUT2D eigenvalue weighted by Gasteiger charge is -2.13. The van der Waals surface area contributed by atoms with Gasteiger partial charge in [-0.25, -0.2) is 28.3 Å². The number of methoxy groups -OCH3 is 2. The van der Waals surface area contributed by atoms with Gasteiger partial charge in [0.25, 0.3) is 0 Å². The van der Waals surface area contributed by atoms with Gasteiger partial charge in [0.1, 0.15) is 28.0 Å². The van der Waals surface area contributed by atoms with Crippen molar-refractivity contribution in [3.05, 3.63) is 90.5 Å². The van der Waals surface area contributed by atoms with Crippen molar-refractivity contribution in [2.45, 2.75) is 16.2 Å². The van der Waals surface area contributed by atoms with E-state index in [1.165, 1.54) is 55.6 Å². The summed E-state index contributed by atoms with van der Waals surface area (Å²) in [5.74, 6) is -3.76. The van der Waals surface area contributed by atoms with E-state index in [9.17, 15) is 48.4 Å². The second-order valence-corrected chi connectivity index (χ2v) is 13.4. The van der Waals surface area contributed by atoms with Gasteiger partial charge in [0, 0.05) is 12.1 Å². The zero-order valence-corrected chi connectivity index (χ0v) is 29.2. The third kappa shape index (κ3) is 9.85. The molecule has 6 aromatic rings. The Balaban J connectivity index is 0.000000212. The minimum atomic E-state index is -5.08. The van der Waals surface area contributed by atoms with E-state index in [2.05, 4.69) is 44.8 Å². The minimum absolute atomic E-state index is 0.0378. The Morgan fingerprint density at radius 1 is 0.673 bits per heavy atom. The van der Waals surface area contributed by atoms with Gasteiger partial charge < -0.3 is 32.5 Å². The predicted molar refractivity (Wildman–Crippen MR) is 179 cm³/mol. The Hall–Kier alpha value is -6.69. The summed E-state index contributed by atoms with van der Waals surface area (Å²) in [5, 5.41) is 4.60. The highest BCUT2D eigenvalue weighted by Crippen LogP contribution is 2.32. The Labute approximate surface area is 305 Å². The summed E-state index contributed by atoms with van der Waals surface area (Å²) in [6.07, 6.45) is -6.61. The molecule has 0 fully saturated rings. The first-order chi connectivity index (χ1) is 25.9. The average molecular weight is 815 g/mol. The molecule has 0 bridgehead atoms. The maximum absolute atomic E-state index is 13.7. The maximum Gasteiger partial charge on any atom is 0.573 e. The van der Waals surface area contributed by atoms with Crippen LogP contribution in [-0.2, 0) is 29.7 Å². The molecule has 2 amide bonds. The number of nitrogens with one attached hydrogen (secondary N) is 4. The number of para-hydroxylation sites is 1. The van der Waals surface area contributed by atoms with Gasteiger partial charge in [0.15, 0.2) is 10.6 Å². The Morgan fingerprint density at radius 2 is 1.15 bits per heavy atom. The first-order valence-electron chi connectivity index (χ1n) is 14.7. The van der Waals surface area contributed by atoms with E-state index in [1.807, 2.05) is 0 Å². The molecule has 0 spiro atoms. The molecule has 0 aliphatic heterocycles. The van der Waals surface area contributed by atoms with Gasteiger partial charge in [-0.05, 0) is 48.5 Å². The number of hydrogen-bond acceptors (Lipinski definition) is 13. The van der Waals surface area contributed by atoms with Crippen molar-refractivity contribution in [3.63, 3.8) is 0 Å². The number of carbonyl (C=O) groups is 2. The number of hydrogen-bond donors (Lipinski definition) is 4. The molecular formula is C31H23F5N6O11S2. The molecule has 4 N–H and O–H groups in total. The van der Waals surface area contributed by atoms with Crippen molar-refractivity contribution >= 4 is 66.4 Å². The molecule has 24 heteroatoms. The second kappa shape index (κ2) is 15.7. The Kier molecular flexibility index (Phi) is 11.3. The molecule has 0 radical (unpaired) electrons. The lowest BCUT2D eigenvalue weighted by Crippen LogP contribution is -2.20. The standard InChI is InChI=1S/C16H12F3N3O6S.C15H11F2N3O5S/c1-26-15(23)22-14-20-10-7-6-9(8-11(10)21-14)28-29(24,25)13-5-3-2-4-12(13)27-16(17,18)19;1-24-15(21)20-14-18-11-6-5-8(7-12(11)19-14)25-26(22,23)13-9(16)3-2-4-10(13)17/h2-8H,1H3,(H2,20,21,22,23);2-7H,1H3,(H2,18,19,20,21). The summed E-state index contributed by atoms with van der Waals surface area (Å²) < 4.78 is 137. The molecular weight excluding hydrogens is 791 g/mol. The molecule has 17 nitrogen and oxygen atoms in total. The minimum Gasteiger partial charge on any atom is -0.453 e. The van der Waals surface area contributed by atoms with Crippen LogP contribution in [0.25, 0.3) is 22.1 Å². The molecule has 0 aliphatic rings. The van der Waals surface area contributed by atoms with Gasteiger partial charge in [0.2, 0.25) is 11.9 Å². The van der Waals surface area contributed by atoms with E-state index in [-0.39, 0.29) is 23.4 Å². The molecule has 6 rings (SSSR count). The number of halogens is 5. The molecule has 2 aromatic heterocycles. The number of imidazole rings is 2. The molecule has 0 saturated heterocycles. The van der Waals surface area contributed by atoms with E-state index in [1.54, 1.807) is 0 Å². The van der Waals surface area contributed by atoms with Crippen molar-refractivity contribution in [3.8, 4) is 17.2 Å². The van der Waals surface area contributed by atoms with Gasteiger partial charge in [-0.1, -0.05) is 18.2 Å². The summed E-state index contributed by atoms with van der Waals surface area (Å²) in [6, 6.07) is 14.6. The van der Waals surface area contributed by atoms with Crippen LogP contribution < -0.4 is 23.7 Å². The largest absolute Gasteiger partial charge is 0.573 e. The van der Waals surface area contributed by atoms with Crippen LogP contribution in [0.4, 0.5) is 43.4 Å². The first-order valence-corrected chi connectivity index (χ1v) is 17.6. The Bertz CT molecular complexity index is 2600. The number of H-pyrrole nitrogens is 2. The summed E-state index contributed by atoms with van der Waals surface area (Å²) in [5.41, 5.74) is 1.36. The average Bonchev–Trinajstić information content (AvgIpc) is 3.69. The van der Waals surface area contributed by atoms with E-state index in [0.717, 1.165) is 37.4 Å². The van der Waals surface area contributed by atoms with Gasteiger partial charge in [-0.2, -0.15) is 16.8 Å². The molecule has 290 valence electrons. The number of fused-ring (bicyclic) bond motifs is 2. The monoisotopic (exact) mass is 814 g/mol. The van der Waals surface area contributed by atoms with Crippen LogP contribution in [0.1, 0.15) is 0 Å². The number of carbonyl (C=O) groups excluding carboxylic acids is 2. The Morgan fingerprint density at radius 3 is 1.62 bits per heavy atom. The smallest absolute Gasteiger partial charge is 0.453 e. The fourth-order valence-corrected chi connectivity index (χ4v) is 6.52. The second-order valence-electron chi connectivity index (χ2n) is 10.4. The van der Waals surface area contributed by atoms with Gasteiger partial charge in [0.05, 0.1) is 36.3 Å². The van der Waals surface area contributed by atoms with E-state index < -0.39 is 66.0 Å². The van der Waals surface area contributed by atoms with Gasteiger partial charge in [-0.3, -0.25) is 10.6 Å². The summed E-state index contributed by atoms with van der Waals surface area (Å²) in [6.45, 7) is 0. The zero-order valence-electron chi connectivity index (χ0n) is 27.6.